The number of nitrogens with one attached hydrogen (secondary N) is 1. The van der Waals surface area contributed by atoms with Crippen LogP contribution in [0.25, 0.3) is 11.8 Å². The topological polar surface area (TPSA) is 90.7 Å². The summed E-state index contributed by atoms with van der Waals surface area (Å²) in [5.41, 5.74) is 19.5. The molecule has 312 valence electrons. The van der Waals surface area contributed by atoms with E-state index < -0.39 is 10.8 Å². The van der Waals surface area contributed by atoms with E-state index in [2.05, 4.69) is 109 Å². The minimum Gasteiger partial charge on any atom is -0.426 e. The van der Waals surface area contributed by atoms with E-state index in [9.17, 15) is 9.59 Å². The molecule has 3 N–H and O–H groups in total. The van der Waals surface area contributed by atoms with Crippen molar-refractivity contribution in [3.63, 3.8) is 0 Å². The molecular weight excluding hydrogens is 777 g/mol. The molecule has 0 radical (unpaired) electrons. The maximum absolute atomic E-state index is 15.0. The van der Waals surface area contributed by atoms with Crippen LogP contribution in [0, 0.1) is 11.3 Å². The molecule has 0 amide bonds. The van der Waals surface area contributed by atoms with Gasteiger partial charge in [0.05, 0.1) is 18.9 Å². The van der Waals surface area contributed by atoms with E-state index in [0.717, 1.165) is 88.8 Å². The molecule has 0 spiro atoms. The Kier molecular flexibility index (Phi) is 9.75. The zero-order valence-electron chi connectivity index (χ0n) is 35.3. The van der Waals surface area contributed by atoms with Gasteiger partial charge in [0.1, 0.15) is 11.5 Å². The van der Waals surface area contributed by atoms with Crippen molar-refractivity contribution < 1.29 is 19.1 Å². The smallest absolute Gasteiger partial charge is 0.312 e. The van der Waals surface area contributed by atoms with Crippen LogP contribution in [0.3, 0.4) is 0 Å². The molecule has 63 heavy (non-hydrogen) atoms. The van der Waals surface area contributed by atoms with Crippen LogP contribution in [0.1, 0.15) is 73.6 Å². The number of para-hydroxylation sites is 2. The fraction of sp³-hybridized carbons (Fsp3) is 0.228. The molecule has 1 heterocycles. The van der Waals surface area contributed by atoms with Crippen LogP contribution in [0.2, 0.25) is 0 Å². The molecule has 3 unspecified atom stereocenters. The van der Waals surface area contributed by atoms with Crippen molar-refractivity contribution in [3.8, 4) is 11.5 Å². The lowest BCUT2D eigenvalue weighted by Gasteiger charge is -2.44. The van der Waals surface area contributed by atoms with Gasteiger partial charge in [-0.3, -0.25) is 9.59 Å². The number of esters is 2. The summed E-state index contributed by atoms with van der Waals surface area (Å²) in [6, 6.07) is 23.1. The number of hydrogen-bond donors (Lipinski definition) is 2. The number of benzene rings is 3. The Hall–Kier alpha value is -6.92. The van der Waals surface area contributed by atoms with Crippen molar-refractivity contribution in [3.05, 3.63) is 225 Å². The minimum absolute atomic E-state index is 0.00856. The minimum atomic E-state index is -1.02. The monoisotopic (exact) mass is 826 g/mol. The predicted molar refractivity (Wildman–Crippen MR) is 250 cm³/mol. The Bertz CT molecular complexity index is 2840. The van der Waals surface area contributed by atoms with Gasteiger partial charge in [0, 0.05) is 33.4 Å². The molecular formula is C57H50N2O4. The molecule has 7 aliphatic carbocycles. The third-order valence-corrected chi connectivity index (χ3v) is 14.3. The molecule has 3 aromatic rings. The van der Waals surface area contributed by atoms with E-state index in [1.165, 1.54) is 16.7 Å². The van der Waals surface area contributed by atoms with Gasteiger partial charge in [-0.25, -0.2) is 0 Å². The summed E-state index contributed by atoms with van der Waals surface area (Å²) < 4.78 is 12.6. The summed E-state index contributed by atoms with van der Waals surface area (Å²) in [5, 5.41) is 4.00. The molecule has 6 heteroatoms. The first kappa shape index (κ1) is 39.0. The van der Waals surface area contributed by atoms with E-state index in [4.69, 9.17) is 15.2 Å². The highest BCUT2D eigenvalue weighted by molar-refractivity contribution is 5.91. The first-order valence-corrected chi connectivity index (χ1v) is 22.5. The second-order valence-electron chi connectivity index (χ2n) is 18.0. The van der Waals surface area contributed by atoms with Crippen molar-refractivity contribution in [2.45, 2.75) is 69.2 Å². The Labute approximate surface area is 369 Å². The molecule has 4 atom stereocenters. The van der Waals surface area contributed by atoms with Gasteiger partial charge < -0.3 is 20.5 Å². The summed E-state index contributed by atoms with van der Waals surface area (Å²) in [7, 11) is 0. The van der Waals surface area contributed by atoms with Crippen molar-refractivity contribution in [2.75, 3.05) is 0 Å². The molecule has 0 bridgehead atoms. The standard InChI is InChI=1S/C57H50N2O4/c58-54-47(32-37-16-4-1-5-17-37)56(34-50(60)62-41-21-6-2-7-22-41,45-30-28-38-18-10-13-25-43(38)52(45)54)36-57(35-51(61)63-42-23-8-3-9-24-42)46-31-29-39-19-11-14-26-44(39)53(46)55-48(57)33-40-20-12-15-27-49(40)59-55/h1-9,11-13,15-16,19-25,27,29-33,38,49,59H,10,14,17-18,26,28,34-36,58H2/b37-32-/t38-,49?,56?,57?/m0/s1. The van der Waals surface area contributed by atoms with Crippen molar-refractivity contribution in [1.29, 1.82) is 0 Å². The third-order valence-electron chi connectivity index (χ3n) is 14.3. The van der Waals surface area contributed by atoms with Crippen LogP contribution in [-0.4, -0.2) is 18.0 Å². The third kappa shape index (κ3) is 6.71. The van der Waals surface area contributed by atoms with Gasteiger partial charge >= 0.3 is 11.9 Å². The lowest BCUT2D eigenvalue weighted by molar-refractivity contribution is -0.136. The molecule has 1 aliphatic heterocycles. The number of hydrogen-bond acceptors (Lipinski definition) is 6. The van der Waals surface area contributed by atoms with E-state index in [1.54, 1.807) is 0 Å². The molecule has 6 nitrogen and oxygen atoms in total. The molecule has 11 rings (SSSR count). The largest absolute Gasteiger partial charge is 0.426 e. The van der Waals surface area contributed by atoms with Crippen LogP contribution in [0.4, 0.5) is 0 Å². The number of dihydropyridines is 1. The summed E-state index contributed by atoms with van der Waals surface area (Å²) in [6.45, 7) is 0. The number of allylic oxidation sites excluding steroid dienone is 17. The van der Waals surface area contributed by atoms with Gasteiger partial charge in [-0.15, -0.1) is 0 Å². The van der Waals surface area contributed by atoms with Crippen LogP contribution in [0.15, 0.2) is 203 Å². The van der Waals surface area contributed by atoms with Crippen LogP contribution in [-0.2, 0) is 21.4 Å². The van der Waals surface area contributed by atoms with Gasteiger partial charge in [0.25, 0.3) is 0 Å². The average molecular weight is 827 g/mol. The Morgan fingerprint density at radius 3 is 2.30 bits per heavy atom. The first-order valence-electron chi connectivity index (χ1n) is 22.5. The van der Waals surface area contributed by atoms with Crippen LogP contribution >= 0.6 is 0 Å². The molecule has 0 fully saturated rings. The summed E-state index contributed by atoms with van der Waals surface area (Å²) in [4.78, 5) is 30.0. The van der Waals surface area contributed by atoms with Gasteiger partial charge in [0.2, 0.25) is 0 Å². The normalized spacial score (nSPS) is 26.3. The number of nitrogens with two attached hydrogens (primary N) is 1. The molecule has 0 saturated carbocycles. The van der Waals surface area contributed by atoms with Crippen molar-refractivity contribution in [2.24, 2.45) is 17.1 Å². The molecule has 3 aromatic carbocycles. The maximum atomic E-state index is 15.0. The fourth-order valence-electron chi connectivity index (χ4n) is 11.6. The lowest BCUT2D eigenvalue weighted by Crippen LogP contribution is -2.42. The van der Waals surface area contributed by atoms with E-state index in [0.29, 0.717) is 29.5 Å². The molecule has 8 aliphatic rings. The average Bonchev–Trinajstić information content (AvgIpc) is 3.70. The van der Waals surface area contributed by atoms with E-state index in [-0.39, 0.29) is 30.8 Å². The number of carbonyl (C=O) groups excluding carboxylic acids is 2. The van der Waals surface area contributed by atoms with Gasteiger partial charge in [-0.05, 0) is 125 Å². The quantitative estimate of drug-likeness (QED) is 0.165. The van der Waals surface area contributed by atoms with Gasteiger partial charge in [-0.2, -0.15) is 0 Å². The fourth-order valence-corrected chi connectivity index (χ4v) is 11.6. The van der Waals surface area contributed by atoms with Crippen LogP contribution in [0.5, 0.6) is 11.5 Å². The second-order valence-corrected chi connectivity index (χ2v) is 18.0. The number of carbonyl (C=O) groups is 2. The highest BCUT2D eigenvalue weighted by atomic mass is 16.5. The molecule has 0 aromatic heterocycles. The van der Waals surface area contributed by atoms with E-state index in [1.807, 2.05) is 60.7 Å². The summed E-state index contributed by atoms with van der Waals surface area (Å²) in [5.74, 6) is 0.606. The number of rotatable bonds is 9. The Morgan fingerprint density at radius 1 is 0.794 bits per heavy atom. The summed E-state index contributed by atoms with van der Waals surface area (Å²) in [6.07, 6.45) is 38.7. The predicted octanol–water partition coefficient (Wildman–Crippen LogP) is 11.3. The zero-order valence-corrected chi connectivity index (χ0v) is 35.3. The second kappa shape index (κ2) is 15.8. The number of fused-ring (bicyclic) bond motifs is 7. The Balaban J connectivity index is 1.18. The first-order chi connectivity index (χ1) is 30.9. The van der Waals surface area contributed by atoms with Gasteiger partial charge in [0.15, 0.2) is 0 Å². The Morgan fingerprint density at radius 2 is 1.54 bits per heavy atom. The summed E-state index contributed by atoms with van der Waals surface area (Å²) >= 11 is 0. The highest BCUT2D eigenvalue weighted by Gasteiger charge is 2.58. The van der Waals surface area contributed by atoms with Crippen LogP contribution < -0.4 is 20.5 Å². The zero-order chi connectivity index (χ0) is 42.5. The highest BCUT2D eigenvalue weighted by Crippen LogP contribution is 2.65. The maximum Gasteiger partial charge on any atom is 0.312 e. The van der Waals surface area contributed by atoms with Crippen molar-refractivity contribution in [1.82, 2.24) is 5.32 Å². The lowest BCUT2D eigenvalue weighted by atomic mass is 9.57. The van der Waals surface area contributed by atoms with E-state index >= 15 is 0 Å². The van der Waals surface area contributed by atoms with Gasteiger partial charge in [-0.1, -0.05) is 140 Å². The van der Waals surface area contributed by atoms with Crippen molar-refractivity contribution >= 4 is 23.7 Å². The number of ether oxygens (including phenoxy) is 2. The SMILES string of the molecule is NC1=C(/C=C2/C=CC=CC2)C(CC(=O)Oc2ccccc2)(CC2(CC(=O)Oc3ccccc3)C3=C(NC4C=CC=CC4=C3)c3c2ccc2c3CCC=C2)C2=CC[C@@H]3CCC=CC3=C21. The molecule has 0 saturated heterocycles.